The molecule has 3 atom stereocenters. The molecule has 2 nitrogen and oxygen atoms in total. The van der Waals surface area contributed by atoms with Gasteiger partial charge in [-0.15, -0.1) is 12.4 Å². The minimum Gasteiger partial charge on any atom is -0.383 e. The lowest BCUT2D eigenvalue weighted by atomic mass is 9.78. The minimum atomic E-state index is -0.668. The molecular weight excluding hydrogens is 246 g/mol. The minimum absolute atomic E-state index is 0. The SMILES string of the molecule is CN=C(c1ccccc1)C1(O)CC2CCC1C2.Cl. The molecule has 0 heterocycles. The number of rotatable bonds is 2. The number of aliphatic hydroxyl groups is 1. The van der Waals surface area contributed by atoms with Gasteiger partial charge in [-0.25, -0.2) is 0 Å². The van der Waals surface area contributed by atoms with E-state index in [4.69, 9.17) is 0 Å². The van der Waals surface area contributed by atoms with E-state index in [1.807, 2.05) is 30.3 Å². The predicted molar refractivity (Wildman–Crippen MR) is 76.5 cm³/mol. The van der Waals surface area contributed by atoms with Crippen LogP contribution in [-0.2, 0) is 0 Å². The summed E-state index contributed by atoms with van der Waals surface area (Å²) in [5, 5.41) is 11.0. The van der Waals surface area contributed by atoms with Crippen molar-refractivity contribution in [2.45, 2.75) is 31.3 Å². The van der Waals surface area contributed by atoms with Gasteiger partial charge in [0.2, 0.25) is 0 Å². The van der Waals surface area contributed by atoms with Gasteiger partial charge >= 0.3 is 0 Å². The Kier molecular flexibility index (Phi) is 3.79. The Morgan fingerprint density at radius 1 is 1.28 bits per heavy atom. The number of nitrogens with zero attached hydrogens (tertiary/aromatic N) is 1. The molecule has 0 aromatic heterocycles. The van der Waals surface area contributed by atoms with Crippen LogP contribution in [0.5, 0.6) is 0 Å². The van der Waals surface area contributed by atoms with Gasteiger partial charge in [0.1, 0.15) is 5.60 Å². The highest BCUT2D eigenvalue weighted by molar-refractivity contribution is 6.07. The van der Waals surface area contributed by atoms with E-state index in [0.717, 1.165) is 24.1 Å². The van der Waals surface area contributed by atoms with Crippen molar-refractivity contribution in [3.8, 4) is 0 Å². The Labute approximate surface area is 115 Å². The second kappa shape index (κ2) is 5.02. The zero-order valence-electron chi connectivity index (χ0n) is 10.7. The number of fused-ring (bicyclic) bond motifs is 2. The molecule has 0 saturated heterocycles. The molecule has 2 aliphatic carbocycles. The zero-order valence-corrected chi connectivity index (χ0v) is 11.5. The van der Waals surface area contributed by atoms with Crippen molar-refractivity contribution in [3.63, 3.8) is 0 Å². The molecule has 2 aliphatic rings. The molecule has 2 fully saturated rings. The van der Waals surface area contributed by atoms with Gasteiger partial charge < -0.3 is 5.11 Å². The topological polar surface area (TPSA) is 32.6 Å². The largest absolute Gasteiger partial charge is 0.383 e. The van der Waals surface area contributed by atoms with Crippen LogP contribution in [0.25, 0.3) is 0 Å². The van der Waals surface area contributed by atoms with Crippen LogP contribution in [0.4, 0.5) is 0 Å². The van der Waals surface area contributed by atoms with E-state index in [0.29, 0.717) is 11.8 Å². The summed E-state index contributed by atoms with van der Waals surface area (Å²) < 4.78 is 0. The maximum Gasteiger partial charge on any atom is 0.110 e. The number of hydrogen-bond donors (Lipinski definition) is 1. The van der Waals surface area contributed by atoms with E-state index in [2.05, 4.69) is 4.99 Å². The second-order valence-corrected chi connectivity index (χ2v) is 5.44. The van der Waals surface area contributed by atoms with Crippen LogP contribution >= 0.6 is 12.4 Å². The van der Waals surface area contributed by atoms with Crippen LogP contribution in [0.1, 0.15) is 31.2 Å². The first-order valence-electron chi connectivity index (χ1n) is 6.49. The molecular formula is C15H20ClNO. The molecule has 2 saturated carbocycles. The monoisotopic (exact) mass is 265 g/mol. The van der Waals surface area contributed by atoms with Gasteiger partial charge in [-0.05, 0) is 43.1 Å². The van der Waals surface area contributed by atoms with Gasteiger partial charge in [0.05, 0.1) is 5.71 Å². The second-order valence-electron chi connectivity index (χ2n) is 5.44. The third-order valence-corrected chi connectivity index (χ3v) is 4.50. The van der Waals surface area contributed by atoms with Gasteiger partial charge in [0.15, 0.2) is 0 Å². The average Bonchev–Trinajstić information content (AvgIpc) is 2.91. The van der Waals surface area contributed by atoms with E-state index in [1.54, 1.807) is 7.05 Å². The molecule has 3 unspecified atom stereocenters. The summed E-state index contributed by atoms with van der Waals surface area (Å²) in [5.41, 5.74) is 1.30. The van der Waals surface area contributed by atoms with Crippen molar-refractivity contribution in [2.75, 3.05) is 7.05 Å². The molecule has 3 heteroatoms. The Balaban J connectivity index is 0.00000120. The van der Waals surface area contributed by atoms with Crippen molar-refractivity contribution >= 4 is 18.1 Å². The quantitative estimate of drug-likeness (QED) is 0.819. The molecule has 2 bridgehead atoms. The Morgan fingerprint density at radius 3 is 2.50 bits per heavy atom. The summed E-state index contributed by atoms with van der Waals surface area (Å²) in [5.74, 6) is 1.14. The predicted octanol–water partition coefficient (Wildman–Crippen LogP) is 3.08. The van der Waals surface area contributed by atoms with Crippen LogP contribution in [0.2, 0.25) is 0 Å². The van der Waals surface area contributed by atoms with Gasteiger partial charge in [-0.3, -0.25) is 4.99 Å². The molecule has 1 aromatic carbocycles. The van der Waals surface area contributed by atoms with Crippen LogP contribution in [0.3, 0.4) is 0 Å². The highest BCUT2D eigenvalue weighted by Gasteiger charge is 2.52. The lowest BCUT2D eigenvalue weighted by Crippen LogP contribution is -2.44. The summed E-state index contributed by atoms with van der Waals surface area (Å²) in [6, 6.07) is 10.1. The van der Waals surface area contributed by atoms with Gasteiger partial charge in [-0.2, -0.15) is 0 Å². The molecule has 0 amide bonds. The molecule has 1 N–H and O–H groups in total. The molecule has 0 radical (unpaired) electrons. The summed E-state index contributed by atoms with van der Waals surface area (Å²) in [6.45, 7) is 0. The molecule has 3 rings (SSSR count). The number of hydrogen-bond acceptors (Lipinski definition) is 2. The number of halogens is 1. The van der Waals surface area contributed by atoms with Gasteiger partial charge in [-0.1, -0.05) is 30.3 Å². The third kappa shape index (κ3) is 1.98. The van der Waals surface area contributed by atoms with Crippen LogP contribution in [0, 0.1) is 11.8 Å². The fraction of sp³-hybridized carbons (Fsp3) is 0.533. The molecule has 18 heavy (non-hydrogen) atoms. The molecule has 0 spiro atoms. The first kappa shape index (κ1) is 13.6. The van der Waals surface area contributed by atoms with E-state index < -0.39 is 5.60 Å². The fourth-order valence-corrected chi connectivity index (χ4v) is 3.76. The molecule has 0 aliphatic heterocycles. The van der Waals surface area contributed by atoms with E-state index in [1.165, 1.54) is 12.8 Å². The first-order chi connectivity index (χ1) is 8.24. The zero-order chi connectivity index (χ0) is 11.9. The Hall–Kier alpha value is -0.860. The number of aliphatic imine (C=N–C) groups is 1. The maximum absolute atomic E-state index is 11.0. The third-order valence-electron chi connectivity index (χ3n) is 4.50. The van der Waals surface area contributed by atoms with Gasteiger partial charge in [0.25, 0.3) is 0 Å². The van der Waals surface area contributed by atoms with Crippen LogP contribution < -0.4 is 0 Å². The van der Waals surface area contributed by atoms with Crippen molar-refractivity contribution in [3.05, 3.63) is 35.9 Å². The van der Waals surface area contributed by atoms with Gasteiger partial charge in [0, 0.05) is 7.05 Å². The summed E-state index contributed by atoms with van der Waals surface area (Å²) in [7, 11) is 1.80. The van der Waals surface area contributed by atoms with E-state index in [9.17, 15) is 5.11 Å². The maximum atomic E-state index is 11.0. The summed E-state index contributed by atoms with van der Waals surface area (Å²) >= 11 is 0. The van der Waals surface area contributed by atoms with E-state index in [-0.39, 0.29) is 12.4 Å². The summed E-state index contributed by atoms with van der Waals surface area (Å²) in [6.07, 6.45) is 4.54. The molecule has 98 valence electrons. The Bertz CT molecular complexity index is 445. The van der Waals surface area contributed by atoms with Crippen molar-refractivity contribution in [1.82, 2.24) is 0 Å². The van der Waals surface area contributed by atoms with Crippen LogP contribution in [-0.4, -0.2) is 23.5 Å². The summed E-state index contributed by atoms with van der Waals surface area (Å²) in [4.78, 5) is 4.40. The highest BCUT2D eigenvalue weighted by Crippen LogP contribution is 2.52. The standard InChI is InChI=1S/C15H19NO.ClH/c1-16-14(12-5-3-2-4-6-12)15(17)10-11-7-8-13(15)9-11;/h2-6,11,13,17H,7-10H2,1H3;1H. The van der Waals surface area contributed by atoms with E-state index >= 15 is 0 Å². The van der Waals surface area contributed by atoms with Crippen molar-refractivity contribution < 1.29 is 5.11 Å². The first-order valence-corrected chi connectivity index (χ1v) is 6.49. The van der Waals surface area contributed by atoms with Crippen molar-refractivity contribution in [2.24, 2.45) is 16.8 Å². The smallest absolute Gasteiger partial charge is 0.110 e. The Morgan fingerprint density at radius 2 is 2.00 bits per heavy atom. The van der Waals surface area contributed by atoms with Crippen LogP contribution in [0.15, 0.2) is 35.3 Å². The number of benzene rings is 1. The fourth-order valence-electron chi connectivity index (χ4n) is 3.76. The lowest BCUT2D eigenvalue weighted by molar-refractivity contribution is 0.0542. The average molecular weight is 266 g/mol. The van der Waals surface area contributed by atoms with Crippen molar-refractivity contribution in [1.29, 1.82) is 0 Å². The normalized spacial score (nSPS) is 34.4. The molecule has 1 aromatic rings. The highest BCUT2D eigenvalue weighted by atomic mass is 35.5. The lowest BCUT2D eigenvalue weighted by Gasteiger charge is -2.34.